The van der Waals surface area contributed by atoms with Gasteiger partial charge in [-0.2, -0.15) is 8.78 Å². The van der Waals surface area contributed by atoms with Gasteiger partial charge in [-0.1, -0.05) is 19.0 Å². The zero-order chi connectivity index (χ0) is 18.9. The second kappa shape index (κ2) is 11.9. The van der Waals surface area contributed by atoms with E-state index >= 15 is 0 Å². The van der Waals surface area contributed by atoms with E-state index in [0.717, 1.165) is 23.1 Å². The first kappa shape index (κ1) is 23.3. The van der Waals surface area contributed by atoms with Crippen LogP contribution in [-0.2, 0) is 13.1 Å². The number of halogens is 3. The van der Waals surface area contributed by atoms with Crippen molar-refractivity contribution in [3.8, 4) is 0 Å². The van der Waals surface area contributed by atoms with Crippen LogP contribution in [0.25, 0.3) is 0 Å². The van der Waals surface area contributed by atoms with E-state index < -0.39 is 6.55 Å². The quantitative estimate of drug-likeness (QED) is 0.311. The highest BCUT2D eigenvalue weighted by Crippen LogP contribution is 2.22. The maximum absolute atomic E-state index is 12.9. The monoisotopic (exact) mass is 496 g/mol. The summed E-state index contributed by atoms with van der Waals surface area (Å²) in [5, 5.41) is 10.3. The number of rotatable bonds is 9. The standard InChI is InChI=1S/C17H26F2N6O.HI/c1-4-12(5-2)14-9-13(26-24-14)10-22-17(20-6-3)23-11-15-21-7-8-25(15)16(18)19;/h7-9,12,16H,4-6,10-11H2,1-3H3,(H2,20,22,23);1H. The molecule has 0 aliphatic carbocycles. The predicted octanol–water partition coefficient (Wildman–Crippen LogP) is 4.04. The molecule has 0 bridgehead atoms. The molecule has 27 heavy (non-hydrogen) atoms. The van der Waals surface area contributed by atoms with Gasteiger partial charge in [0, 0.05) is 30.9 Å². The first-order valence-corrected chi connectivity index (χ1v) is 8.86. The van der Waals surface area contributed by atoms with Crippen molar-refractivity contribution < 1.29 is 13.3 Å². The van der Waals surface area contributed by atoms with Crippen LogP contribution < -0.4 is 10.6 Å². The van der Waals surface area contributed by atoms with Gasteiger partial charge in [0.1, 0.15) is 12.4 Å². The third kappa shape index (κ3) is 6.74. The van der Waals surface area contributed by atoms with Gasteiger partial charge in [0.15, 0.2) is 11.7 Å². The number of nitrogens with zero attached hydrogens (tertiary/aromatic N) is 4. The minimum Gasteiger partial charge on any atom is -0.359 e. The van der Waals surface area contributed by atoms with Crippen LogP contribution in [0.1, 0.15) is 63.4 Å². The molecule has 0 spiro atoms. The Bertz CT molecular complexity index is 699. The van der Waals surface area contributed by atoms with Crippen LogP contribution in [0, 0.1) is 0 Å². The van der Waals surface area contributed by atoms with Crippen LogP contribution in [0.5, 0.6) is 0 Å². The highest BCUT2D eigenvalue weighted by molar-refractivity contribution is 14.0. The lowest BCUT2D eigenvalue weighted by atomic mass is 9.99. The fraction of sp³-hybridized carbons (Fsp3) is 0.588. The van der Waals surface area contributed by atoms with E-state index in [-0.39, 0.29) is 36.3 Å². The fourth-order valence-electron chi connectivity index (χ4n) is 2.62. The van der Waals surface area contributed by atoms with Crippen molar-refractivity contribution >= 4 is 29.9 Å². The van der Waals surface area contributed by atoms with Crippen molar-refractivity contribution in [1.82, 2.24) is 25.3 Å². The Morgan fingerprint density at radius 2 is 2.00 bits per heavy atom. The number of nitrogens with one attached hydrogen (secondary N) is 2. The van der Waals surface area contributed by atoms with Crippen molar-refractivity contribution in [3.05, 3.63) is 35.7 Å². The van der Waals surface area contributed by atoms with Crippen molar-refractivity contribution in [3.63, 3.8) is 0 Å². The molecule has 7 nitrogen and oxygen atoms in total. The van der Waals surface area contributed by atoms with E-state index in [4.69, 9.17) is 4.52 Å². The first-order valence-electron chi connectivity index (χ1n) is 8.86. The Labute approximate surface area is 175 Å². The van der Waals surface area contributed by atoms with Gasteiger partial charge in [-0.15, -0.1) is 24.0 Å². The molecule has 0 saturated heterocycles. The van der Waals surface area contributed by atoms with Crippen LogP contribution in [0.2, 0.25) is 0 Å². The van der Waals surface area contributed by atoms with Gasteiger partial charge in [0.2, 0.25) is 0 Å². The molecule has 2 aromatic heterocycles. The molecule has 0 aromatic carbocycles. The van der Waals surface area contributed by atoms with E-state index in [1.54, 1.807) is 0 Å². The van der Waals surface area contributed by atoms with Gasteiger partial charge in [-0.05, 0) is 19.8 Å². The molecule has 0 fully saturated rings. The number of aromatic nitrogens is 3. The minimum atomic E-state index is -2.63. The normalized spacial score (nSPS) is 11.7. The minimum absolute atomic E-state index is 0. The third-order valence-electron chi connectivity index (χ3n) is 4.09. The van der Waals surface area contributed by atoms with Gasteiger partial charge in [0.25, 0.3) is 0 Å². The second-order valence-electron chi connectivity index (χ2n) is 5.81. The number of guanidine groups is 1. The van der Waals surface area contributed by atoms with Crippen molar-refractivity contribution in [1.29, 1.82) is 0 Å². The van der Waals surface area contributed by atoms with Crippen molar-refractivity contribution in [2.24, 2.45) is 4.99 Å². The molecule has 2 N–H and O–H groups in total. The fourth-order valence-corrected chi connectivity index (χ4v) is 2.62. The zero-order valence-electron chi connectivity index (χ0n) is 15.8. The maximum Gasteiger partial charge on any atom is 0.319 e. The van der Waals surface area contributed by atoms with Gasteiger partial charge in [0.05, 0.1) is 12.2 Å². The van der Waals surface area contributed by atoms with Crippen LogP contribution in [0.3, 0.4) is 0 Å². The Morgan fingerprint density at radius 3 is 2.63 bits per heavy atom. The second-order valence-corrected chi connectivity index (χ2v) is 5.81. The number of hydrogen-bond acceptors (Lipinski definition) is 4. The summed E-state index contributed by atoms with van der Waals surface area (Å²) in [5.74, 6) is 1.79. The largest absolute Gasteiger partial charge is 0.359 e. The smallest absolute Gasteiger partial charge is 0.319 e. The molecule has 0 amide bonds. The molecule has 2 rings (SSSR count). The van der Waals surface area contributed by atoms with E-state index in [1.807, 2.05) is 13.0 Å². The summed E-state index contributed by atoms with van der Waals surface area (Å²) in [7, 11) is 0. The molecule has 0 unspecified atom stereocenters. The Morgan fingerprint density at radius 1 is 1.26 bits per heavy atom. The molecule has 2 aromatic rings. The van der Waals surface area contributed by atoms with Crippen molar-refractivity contribution in [2.75, 3.05) is 6.54 Å². The zero-order valence-corrected chi connectivity index (χ0v) is 18.1. The molecular formula is C17H27F2IN6O. The predicted molar refractivity (Wildman–Crippen MR) is 110 cm³/mol. The van der Waals surface area contributed by atoms with E-state index in [0.29, 0.717) is 30.7 Å². The van der Waals surface area contributed by atoms with Crippen LogP contribution in [0.4, 0.5) is 8.78 Å². The number of aliphatic imine (C=N–C) groups is 1. The lowest BCUT2D eigenvalue weighted by Gasteiger charge is -2.10. The van der Waals surface area contributed by atoms with Crippen LogP contribution in [0.15, 0.2) is 28.0 Å². The summed E-state index contributed by atoms with van der Waals surface area (Å²) in [6.45, 7) is 4.64. The molecule has 2 heterocycles. The Balaban J connectivity index is 0.00000364. The number of hydrogen-bond donors (Lipinski definition) is 2. The number of imidazole rings is 1. The topological polar surface area (TPSA) is 80.3 Å². The van der Waals surface area contributed by atoms with Crippen LogP contribution in [-0.4, -0.2) is 27.2 Å². The number of alkyl halides is 2. The highest BCUT2D eigenvalue weighted by Gasteiger charge is 2.14. The molecule has 0 radical (unpaired) electrons. The lowest BCUT2D eigenvalue weighted by Crippen LogP contribution is -2.36. The summed E-state index contributed by atoms with van der Waals surface area (Å²) in [5.41, 5.74) is 0.952. The summed E-state index contributed by atoms with van der Waals surface area (Å²) >= 11 is 0. The van der Waals surface area contributed by atoms with Gasteiger partial charge < -0.3 is 15.2 Å². The van der Waals surface area contributed by atoms with Gasteiger partial charge in [-0.3, -0.25) is 4.57 Å². The van der Waals surface area contributed by atoms with E-state index in [2.05, 4.69) is 39.6 Å². The highest BCUT2D eigenvalue weighted by atomic mass is 127. The molecule has 152 valence electrons. The Hall–Kier alpha value is -1.72. The van der Waals surface area contributed by atoms with Crippen LogP contribution >= 0.6 is 24.0 Å². The van der Waals surface area contributed by atoms with Gasteiger partial charge in [-0.25, -0.2) is 9.98 Å². The van der Waals surface area contributed by atoms with E-state index in [9.17, 15) is 8.78 Å². The summed E-state index contributed by atoms with van der Waals surface area (Å²) in [6, 6.07) is 1.94. The molecular weight excluding hydrogens is 469 g/mol. The summed E-state index contributed by atoms with van der Waals surface area (Å²) < 4.78 is 31.9. The molecule has 0 saturated carbocycles. The molecule has 0 aliphatic rings. The summed E-state index contributed by atoms with van der Waals surface area (Å²) in [4.78, 5) is 8.23. The summed E-state index contributed by atoms with van der Waals surface area (Å²) in [6.07, 6.45) is 4.60. The van der Waals surface area contributed by atoms with E-state index in [1.165, 1.54) is 12.4 Å². The maximum atomic E-state index is 12.9. The SMILES string of the molecule is CCNC(=NCc1nccn1C(F)F)NCc1cc(C(CC)CC)no1.I. The average Bonchev–Trinajstić information content (AvgIpc) is 3.28. The van der Waals surface area contributed by atoms with Gasteiger partial charge >= 0.3 is 6.55 Å². The molecule has 0 aliphatic heterocycles. The lowest BCUT2D eigenvalue weighted by molar-refractivity contribution is 0.0671. The first-order chi connectivity index (χ1) is 12.6. The molecule has 10 heteroatoms. The third-order valence-corrected chi connectivity index (χ3v) is 4.09. The molecule has 0 atom stereocenters. The Kier molecular flexibility index (Phi) is 10.3. The average molecular weight is 496 g/mol. The van der Waals surface area contributed by atoms with Crippen molar-refractivity contribution in [2.45, 2.75) is 59.2 Å².